The molecule has 0 aromatic rings. The van der Waals surface area contributed by atoms with Gasteiger partial charge in [0.25, 0.3) is 0 Å². The van der Waals surface area contributed by atoms with E-state index in [1.807, 2.05) is 32.1 Å². The molecule has 59 valence electrons. The SMILES string of the molecule is [CH]=C/C(C)=C/C=C/C(C)=C/C. The lowest BCUT2D eigenvalue weighted by Crippen LogP contribution is -1.65. The molecule has 0 atom stereocenters. The molecule has 11 heavy (non-hydrogen) atoms. The van der Waals surface area contributed by atoms with Crippen molar-refractivity contribution < 1.29 is 0 Å². The molecular weight excluding hydrogens is 132 g/mol. The lowest BCUT2D eigenvalue weighted by atomic mass is 10.2. The van der Waals surface area contributed by atoms with Crippen LogP contribution in [0.1, 0.15) is 20.8 Å². The highest BCUT2D eigenvalue weighted by Gasteiger charge is 1.76. The summed E-state index contributed by atoms with van der Waals surface area (Å²) in [5.74, 6) is 0. The fourth-order valence-corrected chi connectivity index (χ4v) is 0.503. The van der Waals surface area contributed by atoms with Crippen molar-refractivity contribution >= 4 is 0 Å². The Morgan fingerprint density at radius 1 is 1.18 bits per heavy atom. The van der Waals surface area contributed by atoms with Crippen LogP contribution in [0.5, 0.6) is 0 Å². The van der Waals surface area contributed by atoms with Gasteiger partial charge in [0.15, 0.2) is 0 Å². The van der Waals surface area contributed by atoms with Crippen LogP contribution in [0, 0.1) is 6.58 Å². The van der Waals surface area contributed by atoms with Gasteiger partial charge in [-0.3, -0.25) is 0 Å². The normalized spacial score (nSPS) is 14.1. The van der Waals surface area contributed by atoms with Crippen molar-refractivity contribution in [2.24, 2.45) is 0 Å². The summed E-state index contributed by atoms with van der Waals surface area (Å²) >= 11 is 0. The molecular formula is C11H15. The van der Waals surface area contributed by atoms with Gasteiger partial charge in [0.1, 0.15) is 0 Å². The van der Waals surface area contributed by atoms with E-state index in [1.165, 1.54) is 5.57 Å². The summed E-state index contributed by atoms with van der Waals surface area (Å²) in [6.07, 6.45) is 9.68. The maximum atomic E-state index is 5.28. The number of hydrogen-bond acceptors (Lipinski definition) is 0. The molecule has 0 amide bonds. The van der Waals surface area contributed by atoms with Crippen LogP contribution < -0.4 is 0 Å². The molecule has 0 aromatic heterocycles. The zero-order valence-electron chi connectivity index (χ0n) is 7.46. The molecule has 0 saturated carbocycles. The Hall–Kier alpha value is -1.04. The van der Waals surface area contributed by atoms with E-state index in [0.29, 0.717) is 0 Å². The summed E-state index contributed by atoms with van der Waals surface area (Å²) in [5, 5.41) is 0. The van der Waals surface area contributed by atoms with E-state index in [1.54, 1.807) is 6.08 Å². The molecule has 0 nitrogen and oxygen atoms in total. The van der Waals surface area contributed by atoms with Gasteiger partial charge in [-0.1, -0.05) is 48.1 Å². The van der Waals surface area contributed by atoms with E-state index in [9.17, 15) is 0 Å². The molecule has 0 aromatic carbocycles. The van der Waals surface area contributed by atoms with Crippen molar-refractivity contribution in [2.45, 2.75) is 20.8 Å². The summed E-state index contributed by atoms with van der Waals surface area (Å²) in [7, 11) is 0. The molecule has 0 rings (SSSR count). The van der Waals surface area contributed by atoms with E-state index in [-0.39, 0.29) is 0 Å². The zero-order chi connectivity index (χ0) is 8.69. The van der Waals surface area contributed by atoms with E-state index in [4.69, 9.17) is 6.58 Å². The molecule has 0 spiro atoms. The molecule has 0 saturated heterocycles. The summed E-state index contributed by atoms with van der Waals surface area (Å²) in [4.78, 5) is 0. The minimum absolute atomic E-state index is 1.07. The predicted octanol–water partition coefficient (Wildman–Crippen LogP) is 3.44. The molecule has 0 N–H and O–H groups in total. The highest BCUT2D eigenvalue weighted by molar-refractivity contribution is 5.24. The van der Waals surface area contributed by atoms with Crippen LogP contribution in [-0.4, -0.2) is 0 Å². The van der Waals surface area contributed by atoms with Gasteiger partial charge in [0.05, 0.1) is 0 Å². The first kappa shape index (κ1) is 9.96. The average Bonchev–Trinajstić information content (AvgIpc) is 2.04. The average molecular weight is 147 g/mol. The molecule has 0 aliphatic rings. The first-order chi connectivity index (χ1) is 5.20. The largest absolute Gasteiger partial charge is 0.0847 e. The van der Waals surface area contributed by atoms with Crippen molar-refractivity contribution in [2.75, 3.05) is 0 Å². The highest BCUT2D eigenvalue weighted by atomic mass is 13.8. The Morgan fingerprint density at radius 2 is 1.82 bits per heavy atom. The van der Waals surface area contributed by atoms with Crippen LogP contribution in [0.15, 0.2) is 41.5 Å². The van der Waals surface area contributed by atoms with Gasteiger partial charge in [-0.05, 0) is 20.8 Å². The Kier molecular flexibility index (Phi) is 5.18. The van der Waals surface area contributed by atoms with E-state index in [2.05, 4.69) is 13.0 Å². The van der Waals surface area contributed by atoms with Crippen LogP contribution in [-0.2, 0) is 0 Å². The standard InChI is InChI=1S/C11H15/c1-5-10(3)8-7-9-11(4)6-2/h1,5-9H,2-4H3/b5-1?,9-7+,10-8+,11-6+. The van der Waals surface area contributed by atoms with Crippen LogP contribution in [0.3, 0.4) is 0 Å². The molecule has 0 bridgehead atoms. The fraction of sp³-hybridized carbons (Fsp3) is 0.273. The molecule has 0 aliphatic carbocycles. The summed E-state index contributed by atoms with van der Waals surface area (Å²) in [6, 6.07) is 0. The minimum atomic E-state index is 1.07. The Bertz CT molecular complexity index is 202. The maximum Gasteiger partial charge on any atom is -0.0398 e. The van der Waals surface area contributed by atoms with Gasteiger partial charge >= 0.3 is 0 Å². The molecule has 0 fully saturated rings. The van der Waals surface area contributed by atoms with Gasteiger partial charge < -0.3 is 0 Å². The second-order valence-electron chi connectivity index (χ2n) is 2.47. The Labute approximate surface area is 69.6 Å². The van der Waals surface area contributed by atoms with E-state index in [0.717, 1.165) is 5.57 Å². The van der Waals surface area contributed by atoms with E-state index < -0.39 is 0 Å². The fourth-order valence-electron chi connectivity index (χ4n) is 0.503. The maximum absolute atomic E-state index is 5.28. The van der Waals surface area contributed by atoms with Gasteiger partial charge in [0.2, 0.25) is 0 Å². The molecule has 0 heteroatoms. The smallest absolute Gasteiger partial charge is 0.0398 e. The molecule has 0 heterocycles. The molecule has 0 unspecified atom stereocenters. The number of allylic oxidation sites excluding steroid dienone is 7. The van der Waals surface area contributed by atoms with Crippen LogP contribution >= 0.6 is 0 Å². The van der Waals surface area contributed by atoms with Crippen molar-refractivity contribution in [1.29, 1.82) is 0 Å². The van der Waals surface area contributed by atoms with Gasteiger partial charge in [-0.15, -0.1) is 0 Å². The monoisotopic (exact) mass is 147 g/mol. The third kappa shape index (κ3) is 5.41. The summed E-state index contributed by atoms with van der Waals surface area (Å²) in [5.41, 5.74) is 2.33. The lowest BCUT2D eigenvalue weighted by molar-refractivity contribution is 1.47. The molecule has 0 aliphatic heterocycles. The quantitative estimate of drug-likeness (QED) is 0.536. The third-order valence-corrected chi connectivity index (χ3v) is 1.44. The first-order valence-corrected chi connectivity index (χ1v) is 3.73. The van der Waals surface area contributed by atoms with Gasteiger partial charge in [0, 0.05) is 0 Å². The summed E-state index contributed by atoms with van der Waals surface area (Å²) < 4.78 is 0. The second kappa shape index (κ2) is 5.72. The van der Waals surface area contributed by atoms with Crippen LogP contribution in [0.4, 0.5) is 0 Å². The van der Waals surface area contributed by atoms with Crippen LogP contribution in [0.2, 0.25) is 0 Å². The zero-order valence-corrected chi connectivity index (χ0v) is 7.46. The second-order valence-corrected chi connectivity index (χ2v) is 2.47. The lowest BCUT2D eigenvalue weighted by Gasteiger charge is -1.86. The van der Waals surface area contributed by atoms with Crippen LogP contribution in [0.25, 0.3) is 0 Å². The molecule has 1 radical (unpaired) electrons. The van der Waals surface area contributed by atoms with Gasteiger partial charge in [-0.25, -0.2) is 0 Å². The number of hydrogen-bond donors (Lipinski definition) is 0. The third-order valence-electron chi connectivity index (χ3n) is 1.44. The highest BCUT2D eigenvalue weighted by Crippen LogP contribution is 1.97. The first-order valence-electron chi connectivity index (χ1n) is 3.73. The van der Waals surface area contributed by atoms with Crippen molar-refractivity contribution in [1.82, 2.24) is 0 Å². The van der Waals surface area contributed by atoms with Gasteiger partial charge in [-0.2, -0.15) is 0 Å². The predicted molar refractivity (Wildman–Crippen MR) is 51.2 cm³/mol. The number of rotatable bonds is 3. The Balaban J connectivity index is 4.06. The summed E-state index contributed by atoms with van der Waals surface area (Å²) in [6.45, 7) is 11.3. The van der Waals surface area contributed by atoms with Crippen molar-refractivity contribution in [3.63, 3.8) is 0 Å². The Morgan fingerprint density at radius 3 is 2.27 bits per heavy atom. The topological polar surface area (TPSA) is 0 Å². The van der Waals surface area contributed by atoms with Crippen molar-refractivity contribution in [3.8, 4) is 0 Å². The van der Waals surface area contributed by atoms with Crippen molar-refractivity contribution in [3.05, 3.63) is 48.1 Å². The van der Waals surface area contributed by atoms with E-state index >= 15 is 0 Å². The minimum Gasteiger partial charge on any atom is -0.0847 e.